The molecular formula is C17H19ClN2O4S. The first-order valence-corrected chi connectivity index (χ1v) is 9.24. The smallest absolute Gasteiger partial charge is 0.262 e. The number of amides is 1. The van der Waals surface area contributed by atoms with Crippen LogP contribution in [-0.2, 0) is 14.8 Å². The number of nitrogens with zero attached hydrogens (tertiary/aromatic N) is 1. The molecule has 0 saturated carbocycles. The summed E-state index contributed by atoms with van der Waals surface area (Å²) in [4.78, 5) is 12.2. The number of ether oxygens (including phenoxy) is 1. The van der Waals surface area contributed by atoms with E-state index >= 15 is 0 Å². The standard InChI is InChI=1S/C17H19ClN2O4S/c1-12-8-9-13(25(22,23)20(2)3)10-15(12)19-17(21)11-24-16-7-5-4-6-14(16)18/h4-10H,11H2,1-3H3,(H,19,21). The Morgan fingerprint density at radius 1 is 1.20 bits per heavy atom. The highest BCUT2D eigenvalue weighted by atomic mass is 35.5. The second-order valence-electron chi connectivity index (χ2n) is 5.53. The summed E-state index contributed by atoms with van der Waals surface area (Å²) in [5.74, 6) is -0.0117. The second-order valence-corrected chi connectivity index (χ2v) is 8.09. The van der Waals surface area contributed by atoms with Crippen LogP contribution in [0.1, 0.15) is 5.56 Å². The van der Waals surface area contributed by atoms with Gasteiger partial charge in [-0.05, 0) is 36.8 Å². The lowest BCUT2D eigenvalue weighted by atomic mass is 10.2. The van der Waals surface area contributed by atoms with Gasteiger partial charge in [-0.3, -0.25) is 4.79 Å². The molecule has 6 nitrogen and oxygen atoms in total. The zero-order valence-corrected chi connectivity index (χ0v) is 15.7. The topological polar surface area (TPSA) is 75.7 Å². The quantitative estimate of drug-likeness (QED) is 0.833. The van der Waals surface area contributed by atoms with E-state index < -0.39 is 15.9 Å². The number of carbonyl (C=O) groups is 1. The van der Waals surface area contributed by atoms with E-state index in [1.165, 1.54) is 26.2 Å². The van der Waals surface area contributed by atoms with Crippen LogP contribution in [-0.4, -0.2) is 39.3 Å². The van der Waals surface area contributed by atoms with Crippen LogP contribution in [0, 0.1) is 6.92 Å². The van der Waals surface area contributed by atoms with Crippen molar-refractivity contribution in [2.24, 2.45) is 0 Å². The third kappa shape index (κ3) is 4.72. The number of nitrogens with one attached hydrogen (secondary N) is 1. The Labute approximate surface area is 152 Å². The van der Waals surface area contributed by atoms with Crippen molar-refractivity contribution < 1.29 is 17.9 Å². The Hall–Kier alpha value is -2.09. The molecule has 0 radical (unpaired) electrons. The van der Waals surface area contributed by atoms with Gasteiger partial charge in [-0.2, -0.15) is 0 Å². The van der Waals surface area contributed by atoms with Gasteiger partial charge in [0, 0.05) is 19.8 Å². The summed E-state index contributed by atoms with van der Waals surface area (Å²) < 4.78 is 30.9. The molecule has 2 aromatic rings. The molecule has 0 saturated heterocycles. The van der Waals surface area contributed by atoms with Gasteiger partial charge in [0.1, 0.15) is 5.75 Å². The van der Waals surface area contributed by atoms with E-state index in [0.29, 0.717) is 16.5 Å². The van der Waals surface area contributed by atoms with Gasteiger partial charge >= 0.3 is 0 Å². The molecule has 1 N–H and O–H groups in total. The van der Waals surface area contributed by atoms with Crippen molar-refractivity contribution in [3.63, 3.8) is 0 Å². The molecular weight excluding hydrogens is 364 g/mol. The Kier molecular flexibility index (Phi) is 6.05. The summed E-state index contributed by atoms with van der Waals surface area (Å²) in [6.45, 7) is 1.53. The first-order valence-electron chi connectivity index (χ1n) is 7.42. The van der Waals surface area contributed by atoms with E-state index in [1.54, 1.807) is 37.3 Å². The van der Waals surface area contributed by atoms with Crippen molar-refractivity contribution in [1.29, 1.82) is 0 Å². The number of hydrogen-bond acceptors (Lipinski definition) is 4. The van der Waals surface area contributed by atoms with Crippen LogP contribution in [0.15, 0.2) is 47.4 Å². The van der Waals surface area contributed by atoms with Crippen LogP contribution in [0.3, 0.4) is 0 Å². The van der Waals surface area contributed by atoms with Crippen molar-refractivity contribution in [2.75, 3.05) is 26.0 Å². The Morgan fingerprint density at radius 2 is 1.88 bits per heavy atom. The van der Waals surface area contributed by atoms with Gasteiger partial charge in [0.2, 0.25) is 10.0 Å². The fraction of sp³-hybridized carbons (Fsp3) is 0.235. The maximum Gasteiger partial charge on any atom is 0.262 e. The lowest BCUT2D eigenvalue weighted by Gasteiger charge is -2.14. The number of anilines is 1. The van der Waals surface area contributed by atoms with Crippen LogP contribution < -0.4 is 10.1 Å². The van der Waals surface area contributed by atoms with Crippen LogP contribution in [0.5, 0.6) is 5.75 Å². The predicted molar refractivity (Wildman–Crippen MR) is 97.6 cm³/mol. The number of hydrogen-bond donors (Lipinski definition) is 1. The maximum atomic E-state index is 12.2. The molecule has 0 atom stereocenters. The molecule has 2 rings (SSSR count). The van der Waals surface area contributed by atoms with Gasteiger partial charge in [-0.1, -0.05) is 29.8 Å². The Morgan fingerprint density at radius 3 is 2.52 bits per heavy atom. The first kappa shape index (κ1) is 19.2. The number of sulfonamides is 1. The molecule has 0 aliphatic carbocycles. The first-order chi connectivity index (χ1) is 11.7. The largest absolute Gasteiger partial charge is 0.482 e. The summed E-state index contributed by atoms with van der Waals surface area (Å²) in [6, 6.07) is 11.4. The van der Waals surface area contributed by atoms with E-state index in [-0.39, 0.29) is 11.5 Å². The van der Waals surface area contributed by atoms with Gasteiger partial charge in [-0.15, -0.1) is 0 Å². The van der Waals surface area contributed by atoms with E-state index in [0.717, 1.165) is 9.87 Å². The molecule has 0 spiro atoms. The lowest BCUT2D eigenvalue weighted by Crippen LogP contribution is -2.23. The minimum Gasteiger partial charge on any atom is -0.482 e. The summed E-state index contributed by atoms with van der Waals surface area (Å²) >= 11 is 5.97. The Bertz CT molecular complexity index is 882. The van der Waals surface area contributed by atoms with Crippen molar-refractivity contribution in [2.45, 2.75) is 11.8 Å². The van der Waals surface area contributed by atoms with E-state index in [2.05, 4.69) is 5.32 Å². The third-order valence-electron chi connectivity index (χ3n) is 3.46. The molecule has 134 valence electrons. The highest BCUT2D eigenvalue weighted by Crippen LogP contribution is 2.24. The summed E-state index contributed by atoms with van der Waals surface area (Å²) in [7, 11) is -0.681. The minimum absolute atomic E-state index is 0.102. The molecule has 0 fully saturated rings. The molecule has 0 aliphatic heterocycles. The number of rotatable bonds is 6. The van der Waals surface area contributed by atoms with E-state index in [1.807, 2.05) is 0 Å². The summed E-state index contributed by atoms with van der Waals surface area (Å²) in [6.07, 6.45) is 0. The molecule has 1 amide bonds. The minimum atomic E-state index is -3.58. The monoisotopic (exact) mass is 382 g/mol. The normalized spacial score (nSPS) is 11.4. The number of carbonyl (C=O) groups excluding carboxylic acids is 1. The highest BCUT2D eigenvalue weighted by molar-refractivity contribution is 7.89. The molecule has 25 heavy (non-hydrogen) atoms. The lowest BCUT2D eigenvalue weighted by molar-refractivity contribution is -0.118. The van der Waals surface area contributed by atoms with Gasteiger partial charge < -0.3 is 10.1 Å². The van der Waals surface area contributed by atoms with Crippen LogP contribution in [0.2, 0.25) is 5.02 Å². The zero-order valence-electron chi connectivity index (χ0n) is 14.1. The van der Waals surface area contributed by atoms with E-state index in [9.17, 15) is 13.2 Å². The molecule has 0 unspecified atom stereocenters. The second kappa shape index (κ2) is 7.86. The van der Waals surface area contributed by atoms with Gasteiger partial charge in [0.15, 0.2) is 6.61 Å². The predicted octanol–water partition coefficient (Wildman–Crippen LogP) is 2.92. The SMILES string of the molecule is Cc1ccc(S(=O)(=O)N(C)C)cc1NC(=O)COc1ccccc1Cl. The fourth-order valence-corrected chi connectivity index (χ4v) is 3.12. The van der Waals surface area contributed by atoms with Gasteiger partial charge in [0.25, 0.3) is 5.91 Å². The average Bonchev–Trinajstić information content (AvgIpc) is 2.55. The van der Waals surface area contributed by atoms with Crippen LogP contribution >= 0.6 is 11.6 Å². The highest BCUT2D eigenvalue weighted by Gasteiger charge is 2.18. The molecule has 0 bridgehead atoms. The molecule has 0 heterocycles. The molecule has 0 aromatic heterocycles. The summed E-state index contributed by atoms with van der Waals surface area (Å²) in [5.41, 5.74) is 1.15. The number of halogens is 1. The maximum absolute atomic E-state index is 12.2. The van der Waals surface area contributed by atoms with Crippen LogP contribution in [0.25, 0.3) is 0 Å². The van der Waals surface area contributed by atoms with Crippen molar-refractivity contribution in [1.82, 2.24) is 4.31 Å². The third-order valence-corrected chi connectivity index (χ3v) is 5.58. The number of benzene rings is 2. The Balaban J connectivity index is 2.12. The van der Waals surface area contributed by atoms with Crippen molar-refractivity contribution in [3.05, 3.63) is 53.1 Å². The number of para-hydroxylation sites is 1. The van der Waals surface area contributed by atoms with E-state index in [4.69, 9.17) is 16.3 Å². The molecule has 0 aliphatic rings. The fourth-order valence-electron chi connectivity index (χ4n) is 2.00. The average molecular weight is 383 g/mol. The van der Waals surface area contributed by atoms with Gasteiger partial charge in [0.05, 0.1) is 9.92 Å². The summed E-state index contributed by atoms with van der Waals surface area (Å²) in [5, 5.41) is 3.07. The van der Waals surface area contributed by atoms with Crippen molar-refractivity contribution in [3.8, 4) is 5.75 Å². The van der Waals surface area contributed by atoms with Gasteiger partial charge in [-0.25, -0.2) is 12.7 Å². The van der Waals surface area contributed by atoms with Crippen LogP contribution in [0.4, 0.5) is 5.69 Å². The molecule has 8 heteroatoms. The zero-order chi connectivity index (χ0) is 18.6. The molecule has 2 aromatic carbocycles. The number of aryl methyl sites for hydroxylation is 1. The van der Waals surface area contributed by atoms with Crippen molar-refractivity contribution >= 4 is 33.2 Å².